The SMILES string of the molecule is COc1cc(Cl)c(C)cc1NCCC(=O)Nc1ccc(C)c(C)c1. The molecule has 2 aromatic rings. The zero-order valence-corrected chi connectivity index (χ0v) is 15.3. The van der Waals surface area contributed by atoms with Gasteiger partial charge >= 0.3 is 0 Å². The standard InChI is InChI=1S/C19H23ClN2O2/c1-12-5-6-15(9-13(12)2)22-19(23)7-8-21-17-10-14(3)16(20)11-18(17)24-4/h5-6,9-11,21H,7-8H2,1-4H3,(H,22,23). The summed E-state index contributed by atoms with van der Waals surface area (Å²) in [7, 11) is 1.60. The number of hydrogen-bond donors (Lipinski definition) is 2. The lowest BCUT2D eigenvalue weighted by atomic mass is 10.1. The Balaban J connectivity index is 1.91. The van der Waals surface area contributed by atoms with Crippen molar-refractivity contribution in [1.82, 2.24) is 0 Å². The quantitative estimate of drug-likeness (QED) is 0.796. The molecule has 0 unspecified atom stereocenters. The van der Waals surface area contributed by atoms with E-state index in [1.54, 1.807) is 13.2 Å². The molecule has 0 aliphatic heterocycles. The summed E-state index contributed by atoms with van der Waals surface area (Å²) in [5, 5.41) is 6.80. The maximum Gasteiger partial charge on any atom is 0.226 e. The second kappa shape index (κ2) is 8.06. The first-order chi connectivity index (χ1) is 11.4. The second-order valence-corrected chi connectivity index (χ2v) is 6.23. The van der Waals surface area contributed by atoms with Crippen LogP contribution in [-0.4, -0.2) is 19.6 Å². The number of ether oxygens (including phenoxy) is 1. The number of halogens is 1. The summed E-state index contributed by atoms with van der Waals surface area (Å²) in [6, 6.07) is 9.59. The van der Waals surface area contributed by atoms with E-state index in [0.717, 1.165) is 22.5 Å². The lowest BCUT2D eigenvalue weighted by Gasteiger charge is -2.13. The molecule has 0 spiro atoms. The number of hydrogen-bond acceptors (Lipinski definition) is 3. The van der Waals surface area contributed by atoms with E-state index in [0.29, 0.717) is 23.7 Å². The Morgan fingerprint density at radius 2 is 1.83 bits per heavy atom. The zero-order chi connectivity index (χ0) is 17.7. The van der Waals surface area contributed by atoms with Crippen molar-refractivity contribution < 1.29 is 9.53 Å². The number of rotatable bonds is 6. The van der Waals surface area contributed by atoms with Crippen LogP contribution < -0.4 is 15.4 Å². The van der Waals surface area contributed by atoms with E-state index in [9.17, 15) is 4.79 Å². The minimum absolute atomic E-state index is 0.0320. The third-order valence-corrected chi connectivity index (χ3v) is 4.35. The third kappa shape index (κ3) is 4.65. The number of amides is 1. The molecule has 0 heterocycles. The van der Waals surface area contributed by atoms with Crippen LogP contribution in [0.15, 0.2) is 30.3 Å². The molecule has 2 N–H and O–H groups in total. The molecule has 2 aromatic carbocycles. The Hall–Kier alpha value is -2.20. The summed E-state index contributed by atoms with van der Waals surface area (Å²) < 4.78 is 5.31. The highest BCUT2D eigenvalue weighted by Crippen LogP contribution is 2.30. The molecule has 24 heavy (non-hydrogen) atoms. The van der Waals surface area contributed by atoms with Gasteiger partial charge in [0.05, 0.1) is 12.8 Å². The third-order valence-electron chi connectivity index (χ3n) is 3.94. The topological polar surface area (TPSA) is 50.4 Å². The van der Waals surface area contributed by atoms with Crippen LogP contribution in [0.3, 0.4) is 0 Å². The van der Waals surface area contributed by atoms with Gasteiger partial charge in [0, 0.05) is 29.7 Å². The van der Waals surface area contributed by atoms with Crippen molar-refractivity contribution in [2.24, 2.45) is 0 Å². The number of carbonyl (C=O) groups is 1. The first-order valence-electron chi connectivity index (χ1n) is 7.86. The van der Waals surface area contributed by atoms with Crippen LogP contribution in [0.4, 0.5) is 11.4 Å². The fourth-order valence-corrected chi connectivity index (χ4v) is 2.48. The largest absolute Gasteiger partial charge is 0.495 e. The summed E-state index contributed by atoms with van der Waals surface area (Å²) in [5.41, 5.74) is 4.98. The van der Waals surface area contributed by atoms with Gasteiger partial charge in [-0.2, -0.15) is 0 Å². The van der Waals surface area contributed by atoms with Crippen LogP contribution in [-0.2, 0) is 4.79 Å². The van der Waals surface area contributed by atoms with Gasteiger partial charge in [-0.3, -0.25) is 4.79 Å². The van der Waals surface area contributed by atoms with E-state index in [1.165, 1.54) is 5.56 Å². The van der Waals surface area contributed by atoms with Crippen molar-refractivity contribution in [3.05, 3.63) is 52.0 Å². The summed E-state index contributed by atoms with van der Waals surface area (Å²) >= 11 is 6.09. The Labute approximate surface area is 148 Å². The molecule has 0 atom stereocenters. The van der Waals surface area contributed by atoms with E-state index in [4.69, 9.17) is 16.3 Å². The molecule has 0 saturated carbocycles. The first kappa shape index (κ1) is 18.1. The van der Waals surface area contributed by atoms with Crippen molar-refractivity contribution in [3.63, 3.8) is 0 Å². The molecule has 0 aromatic heterocycles. The highest BCUT2D eigenvalue weighted by molar-refractivity contribution is 6.31. The van der Waals surface area contributed by atoms with Crippen LogP contribution in [0.1, 0.15) is 23.1 Å². The summed E-state index contributed by atoms with van der Waals surface area (Å²) in [5.74, 6) is 0.635. The number of anilines is 2. The van der Waals surface area contributed by atoms with E-state index >= 15 is 0 Å². The fraction of sp³-hybridized carbons (Fsp3) is 0.316. The molecule has 2 rings (SSSR count). The Kier molecular flexibility index (Phi) is 6.10. The average molecular weight is 347 g/mol. The number of carbonyl (C=O) groups excluding carboxylic acids is 1. The molecule has 0 aliphatic rings. The van der Waals surface area contributed by atoms with Gasteiger partial charge < -0.3 is 15.4 Å². The summed E-state index contributed by atoms with van der Waals surface area (Å²) in [6.07, 6.45) is 0.359. The molecular weight excluding hydrogens is 324 g/mol. The van der Waals surface area contributed by atoms with Gasteiger partial charge in [0.15, 0.2) is 0 Å². The van der Waals surface area contributed by atoms with Crippen molar-refractivity contribution in [2.75, 3.05) is 24.3 Å². The zero-order valence-electron chi connectivity index (χ0n) is 14.5. The molecular formula is C19H23ClN2O2. The Morgan fingerprint density at radius 1 is 1.08 bits per heavy atom. The lowest BCUT2D eigenvalue weighted by Crippen LogP contribution is -2.16. The fourth-order valence-electron chi connectivity index (χ4n) is 2.32. The minimum Gasteiger partial charge on any atom is -0.495 e. The van der Waals surface area contributed by atoms with Gasteiger partial charge in [-0.25, -0.2) is 0 Å². The van der Waals surface area contributed by atoms with Crippen molar-refractivity contribution in [1.29, 1.82) is 0 Å². The highest BCUT2D eigenvalue weighted by Gasteiger charge is 2.08. The molecule has 128 valence electrons. The monoisotopic (exact) mass is 346 g/mol. The molecule has 0 aliphatic carbocycles. The smallest absolute Gasteiger partial charge is 0.226 e. The molecule has 1 amide bonds. The van der Waals surface area contributed by atoms with Crippen LogP contribution >= 0.6 is 11.6 Å². The van der Waals surface area contributed by atoms with Crippen molar-refractivity contribution >= 4 is 28.9 Å². The van der Waals surface area contributed by atoms with Crippen LogP contribution in [0, 0.1) is 20.8 Å². The van der Waals surface area contributed by atoms with E-state index < -0.39 is 0 Å². The van der Waals surface area contributed by atoms with E-state index in [1.807, 2.05) is 45.0 Å². The molecule has 4 nitrogen and oxygen atoms in total. The average Bonchev–Trinajstić information content (AvgIpc) is 2.54. The Bertz CT molecular complexity index is 744. The predicted molar refractivity (Wildman–Crippen MR) is 100 cm³/mol. The molecule has 0 bridgehead atoms. The van der Waals surface area contributed by atoms with Crippen LogP contribution in [0.2, 0.25) is 5.02 Å². The molecule has 0 radical (unpaired) electrons. The normalized spacial score (nSPS) is 10.4. The van der Waals surface area contributed by atoms with Gasteiger partial charge in [-0.1, -0.05) is 17.7 Å². The Morgan fingerprint density at radius 3 is 2.50 bits per heavy atom. The van der Waals surface area contributed by atoms with Gasteiger partial charge in [0.25, 0.3) is 0 Å². The van der Waals surface area contributed by atoms with E-state index in [2.05, 4.69) is 10.6 Å². The summed E-state index contributed by atoms with van der Waals surface area (Å²) in [6.45, 7) is 6.52. The minimum atomic E-state index is -0.0320. The molecule has 5 heteroatoms. The summed E-state index contributed by atoms with van der Waals surface area (Å²) in [4.78, 5) is 12.1. The number of methoxy groups -OCH3 is 1. The van der Waals surface area contributed by atoms with E-state index in [-0.39, 0.29) is 5.91 Å². The second-order valence-electron chi connectivity index (χ2n) is 5.83. The van der Waals surface area contributed by atoms with Gasteiger partial charge in [0.2, 0.25) is 5.91 Å². The maximum atomic E-state index is 12.1. The van der Waals surface area contributed by atoms with Gasteiger partial charge in [-0.05, 0) is 55.7 Å². The highest BCUT2D eigenvalue weighted by atomic mass is 35.5. The first-order valence-corrected chi connectivity index (χ1v) is 8.23. The predicted octanol–water partition coefficient (Wildman–Crippen LogP) is 4.71. The lowest BCUT2D eigenvalue weighted by molar-refractivity contribution is -0.115. The molecule has 0 fully saturated rings. The number of nitrogens with one attached hydrogen (secondary N) is 2. The van der Waals surface area contributed by atoms with Crippen molar-refractivity contribution in [3.8, 4) is 5.75 Å². The number of benzene rings is 2. The molecule has 0 saturated heterocycles. The van der Waals surface area contributed by atoms with Crippen LogP contribution in [0.5, 0.6) is 5.75 Å². The van der Waals surface area contributed by atoms with Crippen LogP contribution in [0.25, 0.3) is 0 Å². The van der Waals surface area contributed by atoms with Gasteiger partial charge in [-0.15, -0.1) is 0 Å². The number of aryl methyl sites for hydroxylation is 3. The van der Waals surface area contributed by atoms with Gasteiger partial charge in [0.1, 0.15) is 5.75 Å². The van der Waals surface area contributed by atoms with Crippen molar-refractivity contribution in [2.45, 2.75) is 27.2 Å². The maximum absolute atomic E-state index is 12.1.